The summed E-state index contributed by atoms with van der Waals surface area (Å²) in [5.41, 5.74) is 3.21. The first-order valence-corrected chi connectivity index (χ1v) is 12.1. The molecule has 3 aromatic rings. The quantitative estimate of drug-likeness (QED) is 0.354. The number of aliphatic hydroxyl groups excluding tert-OH is 1. The minimum atomic E-state index is -0.653. The van der Waals surface area contributed by atoms with Crippen molar-refractivity contribution >= 4 is 57.7 Å². The number of hydrogen-bond donors (Lipinski definition) is 1. The zero-order valence-electron chi connectivity index (χ0n) is 14.4. The first-order valence-electron chi connectivity index (χ1n) is 7.96. The molecule has 138 valence electrons. The van der Waals surface area contributed by atoms with Crippen LogP contribution < -0.4 is 9.64 Å². The summed E-state index contributed by atoms with van der Waals surface area (Å²) < 4.78 is 11.8. The number of fused-ring (bicyclic) bond motifs is 1. The van der Waals surface area contributed by atoms with E-state index in [1.807, 2.05) is 53.5 Å². The van der Waals surface area contributed by atoms with Crippen LogP contribution in [0.3, 0.4) is 0 Å². The summed E-state index contributed by atoms with van der Waals surface area (Å²) in [6.07, 6.45) is -0.653. The van der Waals surface area contributed by atoms with Gasteiger partial charge in [0, 0.05) is 46.6 Å². The Morgan fingerprint density at radius 1 is 1.19 bits per heavy atom. The van der Waals surface area contributed by atoms with Crippen molar-refractivity contribution in [3.05, 3.63) is 42.5 Å². The molecule has 0 amide bonds. The molecule has 0 unspecified atom stereocenters. The van der Waals surface area contributed by atoms with Gasteiger partial charge in [0.1, 0.15) is 23.5 Å². The predicted octanol–water partition coefficient (Wildman–Crippen LogP) is 4.78. The molecule has 26 heavy (non-hydrogen) atoms. The van der Waals surface area contributed by atoms with Gasteiger partial charge in [0.25, 0.3) is 0 Å². The Kier molecular flexibility index (Phi) is 6.98. The highest BCUT2D eigenvalue weighted by Gasteiger charge is 2.10. The Hall–Kier alpha value is -1.07. The molecule has 5 nitrogen and oxygen atoms in total. The average molecular weight is 502 g/mol. The van der Waals surface area contributed by atoms with Gasteiger partial charge in [-0.1, -0.05) is 0 Å². The Labute approximate surface area is 173 Å². The second-order valence-corrected chi connectivity index (χ2v) is 8.37. The van der Waals surface area contributed by atoms with E-state index < -0.39 is 6.10 Å². The van der Waals surface area contributed by atoms with Crippen molar-refractivity contribution in [3.8, 4) is 16.3 Å². The summed E-state index contributed by atoms with van der Waals surface area (Å²) >= 11 is 3.65. The van der Waals surface area contributed by atoms with Crippen LogP contribution in [0.1, 0.15) is 0 Å². The molecule has 0 saturated carbocycles. The lowest BCUT2D eigenvalue weighted by Gasteiger charge is -2.11. The van der Waals surface area contributed by atoms with Crippen LogP contribution in [0.2, 0.25) is 0 Å². The number of hydrogen-bond acceptors (Lipinski definition) is 7. The molecule has 0 aliphatic heterocycles. The number of nitrogens with zero attached hydrogens (tertiary/aromatic N) is 2. The Bertz CT molecular complexity index is 855. The van der Waals surface area contributed by atoms with Crippen LogP contribution in [-0.2, 0) is 4.18 Å². The highest BCUT2D eigenvalue weighted by Crippen LogP contribution is 2.33. The molecule has 1 aromatic heterocycles. The lowest BCUT2D eigenvalue weighted by atomic mass is 10.2. The van der Waals surface area contributed by atoms with Gasteiger partial charge < -0.3 is 18.9 Å². The van der Waals surface area contributed by atoms with E-state index in [2.05, 4.69) is 29.2 Å². The predicted molar refractivity (Wildman–Crippen MR) is 118 cm³/mol. The molecule has 1 atom stereocenters. The van der Waals surface area contributed by atoms with Crippen molar-refractivity contribution in [1.82, 2.24) is 4.98 Å². The van der Waals surface area contributed by atoms with Crippen molar-refractivity contribution < 1.29 is 14.0 Å². The minimum absolute atomic E-state index is 0.195. The van der Waals surface area contributed by atoms with E-state index in [1.165, 1.54) is 9.21 Å². The lowest BCUT2D eigenvalue weighted by molar-refractivity contribution is 0.0707. The smallest absolute Gasteiger partial charge is 0.124 e. The number of thiazole rings is 1. The fraction of sp³-hybridized carbons (Fsp3) is 0.278. The van der Waals surface area contributed by atoms with Crippen LogP contribution in [0.5, 0.6) is 5.75 Å². The minimum Gasteiger partial charge on any atom is -0.491 e. The molecule has 1 N–H and O–H groups in total. The van der Waals surface area contributed by atoms with Crippen LogP contribution in [0.25, 0.3) is 20.8 Å². The van der Waals surface area contributed by atoms with Crippen LogP contribution in [0.4, 0.5) is 5.69 Å². The molecule has 8 heteroatoms. The zero-order chi connectivity index (χ0) is 18.5. The molecule has 0 bridgehead atoms. The van der Waals surface area contributed by atoms with Gasteiger partial charge in [-0.3, -0.25) is 0 Å². The molecular weight excluding hydrogens is 483 g/mol. The monoisotopic (exact) mass is 502 g/mol. The SMILES string of the molecule is CN(C)c1ccc(-c2nc3ccc(OC[C@H](O)COSI)cc3s2)cc1. The summed E-state index contributed by atoms with van der Waals surface area (Å²) in [6.45, 7) is 0.434. The van der Waals surface area contributed by atoms with Crippen LogP contribution in [0.15, 0.2) is 42.5 Å². The van der Waals surface area contributed by atoms with E-state index in [0.29, 0.717) is 0 Å². The molecule has 1 heterocycles. The number of anilines is 1. The molecule has 2 aromatic carbocycles. The topological polar surface area (TPSA) is 54.8 Å². The van der Waals surface area contributed by atoms with Crippen molar-refractivity contribution in [3.63, 3.8) is 0 Å². The van der Waals surface area contributed by atoms with E-state index >= 15 is 0 Å². The summed E-state index contributed by atoms with van der Waals surface area (Å²) in [4.78, 5) is 6.78. The molecule has 0 aliphatic rings. The van der Waals surface area contributed by atoms with Gasteiger partial charge >= 0.3 is 0 Å². The number of benzene rings is 2. The third kappa shape index (κ3) is 5.01. The van der Waals surface area contributed by atoms with Gasteiger partial charge in [-0.25, -0.2) is 4.98 Å². The standard InChI is InChI=1S/C18H19IN2O3S2/c1-21(2)13-5-3-12(4-6-13)18-20-16-8-7-15(9-17(16)25-18)23-10-14(22)11-24-26-19/h3-9,14,22H,10-11H2,1-2H3/t14-/m0/s1. The van der Waals surface area contributed by atoms with E-state index in [9.17, 15) is 5.11 Å². The number of rotatable bonds is 8. The van der Waals surface area contributed by atoms with Crippen molar-refractivity contribution in [2.45, 2.75) is 6.10 Å². The van der Waals surface area contributed by atoms with E-state index in [4.69, 9.17) is 13.9 Å². The van der Waals surface area contributed by atoms with Gasteiger partial charge in [0.2, 0.25) is 0 Å². The number of ether oxygens (including phenoxy) is 1. The maximum atomic E-state index is 9.79. The Morgan fingerprint density at radius 3 is 2.65 bits per heavy atom. The van der Waals surface area contributed by atoms with Crippen LogP contribution >= 0.6 is 41.8 Å². The summed E-state index contributed by atoms with van der Waals surface area (Å²) in [5.74, 6) is 0.719. The Morgan fingerprint density at radius 2 is 1.96 bits per heavy atom. The summed E-state index contributed by atoms with van der Waals surface area (Å²) in [6, 6.07) is 14.1. The molecule has 0 aliphatic carbocycles. The average Bonchev–Trinajstić information content (AvgIpc) is 3.08. The second kappa shape index (κ2) is 9.23. The number of halogens is 1. The molecule has 0 spiro atoms. The van der Waals surface area contributed by atoms with Crippen molar-refractivity contribution in [2.75, 3.05) is 32.2 Å². The van der Waals surface area contributed by atoms with Crippen LogP contribution in [0, 0.1) is 0 Å². The van der Waals surface area contributed by atoms with Crippen LogP contribution in [-0.4, -0.2) is 43.5 Å². The maximum Gasteiger partial charge on any atom is 0.124 e. The van der Waals surface area contributed by atoms with Gasteiger partial charge in [0.15, 0.2) is 0 Å². The zero-order valence-corrected chi connectivity index (χ0v) is 18.2. The Balaban J connectivity index is 1.72. The molecule has 3 rings (SSSR count). The van der Waals surface area contributed by atoms with Crippen molar-refractivity contribution in [2.24, 2.45) is 0 Å². The molecule has 0 fully saturated rings. The highest BCUT2D eigenvalue weighted by atomic mass is 127. The first kappa shape index (κ1) is 19.7. The lowest BCUT2D eigenvalue weighted by Crippen LogP contribution is -2.21. The largest absolute Gasteiger partial charge is 0.491 e. The molecule has 0 saturated heterocycles. The fourth-order valence-electron chi connectivity index (χ4n) is 2.37. The van der Waals surface area contributed by atoms with E-state index in [0.717, 1.165) is 32.2 Å². The fourth-order valence-corrected chi connectivity index (χ4v) is 4.01. The summed E-state index contributed by atoms with van der Waals surface area (Å²) in [7, 11) is 5.25. The number of aromatic nitrogens is 1. The van der Waals surface area contributed by atoms with Crippen molar-refractivity contribution in [1.29, 1.82) is 0 Å². The molecule has 0 radical (unpaired) electrons. The third-order valence-electron chi connectivity index (χ3n) is 3.74. The summed E-state index contributed by atoms with van der Waals surface area (Å²) in [5, 5.41) is 10.8. The van der Waals surface area contributed by atoms with E-state index in [1.54, 1.807) is 11.3 Å². The first-order chi connectivity index (χ1) is 12.6. The second-order valence-electron chi connectivity index (χ2n) is 5.90. The maximum absolute atomic E-state index is 9.79. The van der Waals surface area contributed by atoms with Gasteiger partial charge in [0.05, 0.1) is 26.0 Å². The van der Waals surface area contributed by atoms with E-state index in [-0.39, 0.29) is 13.2 Å². The normalized spacial score (nSPS) is 12.3. The van der Waals surface area contributed by atoms with Gasteiger partial charge in [-0.15, -0.1) is 11.3 Å². The number of aliphatic hydroxyl groups is 1. The van der Waals surface area contributed by atoms with Gasteiger partial charge in [-0.2, -0.15) is 0 Å². The molecular formula is C18H19IN2O3S2. The third-order valence-corrected chi connectivity index (χ3v) is 5.79. The van der Waals surface area contributed by atoms with Gasteiger partial charge in [-0.05, 0) is 42.5 Å². The highest BCUT2D eigenvalue weighted by molar-refractivity contribution is 14.2.